The standard InChI is InChI=1S/C5H11NO2.C4H6N2O2/c1-3(2)4(6)5(7)8;7-3-4(8)6-2-1-5-3/h3-4H,6H2,1-2H3,(H,7,8);1-2H2,(H,5,7)(H,6,8)/t4-;/m0./s1. The van der Waals surface area contributed by atoms with E-state index in [0.29, 0.717) is 13.1 Å². The number of rotatable bonds is 2. The number of aliphatic carboxylic acids is 1. The normalized spacial score (nSPS) is 16.8. The first-order valence-electron chi connectivity index (χ1n) is 4.90. The quantitative estimate of drug-likeness (QED) is 0.421. The van der Waals surface area contributed by atoms with Crippen LogP contribution in [0, 0.1) is 5.92 Å². The maximum Gasteiger partial charge on any atom is 0.320 e. The molecule has 1 fully saturated rings. The highest BCUT2D eigenvalue weighted by Crippen LogP contribution is 1.96. The van der Waals surface area contributed by atoms with Crippen molar-refractivity contribution in [3.63, 3.8) is 0 Å². The number of piperazine rings is 1. The molecule has 7 nitrogen and oxygen atoms in total. The van der Waals surface area contributed by atoms with E-state index in [2.05, 4.69) is 10.6 Å². The van der Waals surface area contributed by atoms with Crippen molar-refractivity contribution in [3.05, 3.63) is 0 Å². The van der Waals surface area contributed by atoms with Gasteiger partial charge in [0.2, 0.25) is 0 Å². The first-order valence-corrected chi connectivity index (χ1v) is 4.90. The van der Waals surface area contributed by atoms with Gasteiger partial charge in [-0.1, -0.05) is 13.8 Å². The van der Waals surface area contributed by atoms with Crippen LogP contribution in [0.1, 0.15) is 13.8 Å². The minimum Gasteiger partial charge on any atom is -0.480 e. The molecule has 0 aromatic carbocycles. The first kappa shape index (κ1) is 14.4. The fourth-order valence-electron chi connectivity index (χ4n) is 0.798. The van der Waals surface area contributed by atoms with Gasteiger partial charge < -0.3 is 21.5 Å². The number of nitrogens with two attached hydrogens (primary N) is 1. The number of hydrogen-bond acceptors (Lipinski definition) is 4. The van der Waals surface area contributed by atoms with E-state index in [1.54, 1.807) is 13.8 Å². The second kappa shape index (κ2) is 6.78. The summed E-state index contributed by atoms with van der Waals surface area (Å²) in [5.74, 6) is -1.97. The molecule has 7 heteroatoms. The van der Waals surface area contributed by atoms with Crippen LogP contribution in [0.2, 0.25) is 0 Å². The summed E-state index contributed by atoms with van der Waals surface area (Å²) in [7, 11) is 0. The lowest BCUT2D eigenvalue weighted by Crippen LogP contribution is -2.49. The summed E-state index contributed by atoms with van der Waals surface area (Å²) in [4.78, 5) is 30.6. The molecule has 1 atom stereocenters. The summed E-state index contributed by atoms with van der Waals surface area (Å²) >= 11 is 0. The van der Waals surface area contributed by atoms with Crippen LogP contribution < -0.4 is 16.4 Å². The van der Waals surface area contributed by atoms with Crippen molar-refractivity contribution in [2.75, 3.05) is 13.1 Å². The highest BCUT2D eigenvalue weighted by Gasteiger charge is 2.15. The van der Waals surface area contributed by atoms with Crippen molar-refractivity contribution < 1.29 is 19.5 Å². The molecular formula is C9H17N3O4. The smallest absolute Gasteiger partial charge is 0.320 e. The lowest BCUT2D eigenvalue weighted by atomic mass is 10.1. The minimum atomic E-state index is -0.931. The van der Waals surface area contributed by atoms with Crippen LogP contribution in [0.3, 0.4) is 0 Å². The van der Waals surface area contributed by atoms with Crippen LogP contribution in [-0.4, -0.2) is 42.0 Å². The fraction of sp³-hybridized carbons (Fsp3) is 0.667. The maximum atomic E-state index is 10.3. The third-order valence-electron chi connectivity index (χ3n) is 1.91. The highest BCUT2D eigenvalue weighted by atomic mass is 16.4. The molecule has 0 aliphatic carbocycles. The molecule has 0 spiro atoms. The van der Waals surface area contributed by atoms with Crippen molar-refractivity contribution in [2.45, 2.75) is 19.9 Å². The van der Waals surface area contributed by atoms with Gasteiger partial charge in [-0.05, 0) is 5.92 Å². The topological polar surface area (TPSA) is 122 Å². The summed E-state index contributed by atoms with van der Waals surface area (Å²) in [6.07, 6.45) is 0. The maximum absolute atomic E-state index is 10.3. The average Bonchev–Trinajstić information content (AvgIpc) is 2.22. The summed E-state index contributed by atoms with van der Waals surface area (Å²) in [5.41, 5.74) is 5.16. The SMILES string of the molecule is CC(C)[C@H](N)C(=O)O.O=C1NCCNC1=O. The van der Waals surface area contributed by atoms with Crippen molar-refractivity contribution in [3.8, 4) is 0 Å². The van der Waals surface area contributed by atoms with E-state index in [9.17, 15) is 14.4 Å². The Bertz CT molecular complexity index is 262. The van der Waals surface area contributed by atoms with Gasteiger partial charge in [0.25, 0.3) is 0 Å². The van der Waals surface area contributed by atoms with E-state index in [1.165, 1.54) is 0 Å². The molecule has 1 aliphatic rings. The van der Waals surface area contributed by atoms with Gasteiger partial charge >= 0.3 is 17.8 Å². The van der Waals surface area contributed by atoms with Crippen molar-refractivity contribution in [2.24, 2.45) is 11.7 Å². The zero-order valence-corrected chi connectivity index (χ0v) is 9.32. The predicted molar refractivity (Wildman–Crippen MR) is 56.5 cm³/mol. The second-order valence-corrected chi connectivity index (χ2v) is 3.62. The second-order valence-electron chi connectivity index (χ2n) is 3.62. The largest absolute Gasteiger partial charge is 0.480 e. The van der Waals surface area contributed by atoms with Gasteiger partial charge in [0.1, 0.15) is 6.04 Å². The van der Waals surface area contributed by atoms with Crippen molar-refractivity contribution >= 4 is 17.8 Å². The van der Waals surface area contributed by atoms with E-state index in [-0.39, 0.29) is 5.92 Å². The molecule has 92 valence electrons. The number of carbonyl (C=O) groups excluding carboxylic acids is 2. The summed E-state index contributed by atoms with van der Waals surface area (Å²) in [6.45, 7) is 4.65. The van der Waals surface area contributed by atoms with Crippen LogP contribution in [-0.2, 0) is 14.4 Å². The number of amides is 2. The lowest BCUT2D eigenvalue weighted by Gasteiger charge is -2.10. The summed E-state index contributed by atoms with van der Waals surface area (Å²) < 4.78 is 0. The van der Waals surface area contributed by atoms with E-state index in [4.69, 9.17) is 10.8 Å². The third kappa shape index (κ3) is 5.30. The van der Waals surface area contributed by atoms with Gasteiger partial charge in [0.15, 0.2) is 0 Å². The molecule has 2 amide bonds. The molecule has 5 N–H and O–H groups in total. The molecule has 0 bridgehead atoms. The minimum absolute atomic E-state index is 0.0208. The van der Waals surface area contributed by atoms with E-state index in [1.807, 2.05) is 0 Å². The summed E-state index contributed by atoms with van der Waals surface area (Å²) in [6, 6.07) is -0.713. The lowest BCUT2D eigenvalue weighted by molar-refractivity contribution is -0.140. The molecule has 0 unspecified atom stereocenters. The van der Waals surface area contributed by atoms with Crippen molar-refractivity contribution in [1.29, 1.82) is 0 Å². The van der Waals surface area contributed by atoms with Crippen molar-refractivity contribution in [1.82, 2.24) is 10.6 Å². The molecular weight excluding hydrogens is 214 g/mol. The van der Waals surface area contributed by atoms with Gasteiger partial charge in [0.05, 0.1) is 0 Å². The molecule has 1 heterocycles. The molecule has 1 saturated heterocycles. The molecule has 0 aromatic heterocycles. The summed E-state index contributed by atoms with van der Waals surface area (Å²) in [5, 5.41) is 13.0. The molecule has 1 rings (SSSR count). The van der Waals surface area contributed by atoms with Crippen LogP contribution in [0.15, 0.2) is 0 Å². The van der Waals surface area contributed by atoms with Gasteiger partial charge in [-0.3, -0.25) is 14.4 Å². The predicted octanol–water partition coefficient (Wildman–Crippen LogP) is -1.71. The molecule has 16 heavy (non-hydrogen) atoms. The Labute approximate surface area is 93.4 Å². The molecule has 0 saturated carbocycles. The monoisotopic (exact) mass is 231 g/mol. The van der Waals surface area contributed by atoms with Crippen LogP contribution in [0.5, 0.6) is 0 Å². The third-order valence-corrected chi connectivity index (χ3v) is 1.91. The van der Waals surface area contributed by atoms with Crippen LogP contribution >= 0.6 is 0 Å². The number of carbonyl (C=O) groups is 3. The van der Waals surface area contributed by atoms with Crippen LogP contribution in [0.4, 0.5) is 0 Å². The number of carboxylic acids is 1. The van der Waals surface area contributed by atoms with E-state index < -0.39 is 23.8 Å². The Morgan fingerprint density at radius 3 is 1.75 bits per heavy atom. The van der Waals surface area contributed by atoms with Gasteiger partial charge in [0, 0.05) is 13.1 Å². The fourth-order valence-corrected chi connectivity index (χ4v) is 0.798. The Balaban J connectivity index is 0.000000281. The number of hydrogen-bond donors (Lipinski definition) is 4. The van der Waals surface area contributed by atoms with Gasteiger partial charge in [-0.15, -0.1) is 0 Å². The molecule has 0 aromatic rings. The number of nitrogens with one attached hydrogen (secondary N) is 2. The number of carboxylic acid groups (broad SMARTS) is 1. The Morgan fingerprint density at radius 1 is 1.25 bits per heavy atom. The highest BCUT2D eigenvalue weighted by molar-refractivity contribution is 6.35. The average molecular weight is 231 g/mol. The molecule has 0 radical (unpaired) electrons. The van der Waals surface area contributed by atoms with Gasteiger partial charge in [-0.2, -0.15) is 0 Å². The van der Waals surface area contributed by atoms with Gasteiger partial charge in [-0.25, -0.2) is 0 Å². The Kier molecular flexibility index (Phi) is 6.09. The van der Waals surface area contributed by atoms with E-state index in [0.717, 1.165) is 0 Å². The zero-order chi connectivity index (χ0) is 12.7. The first-order chi connectivity index (χ1) is 7.36. The van der Waals surface area contributed by atoms with Crippen LogP contribution in [0.25, 0.3) is 0 Å². The van der Waals surface area contributed by atoms with E-state index >= 15 is 0 Å². The Hall–Kier alpha value is -1.63. The zero-order valence-electron chi connectivity index (χ0n) is 9.32. The Morgan fingerprint density at radius 2 is 1.62 bits per heavy atom. The molecule has 1 aliphatic heterocycles.